The van der Waals surface area contributed by atoms with Crippen molar-refractivity contribution in [2.24, 2.45) is 5.10 Å². The molecule has 2 aromatic carbocycles. The van der Waals surface area contributed by atoms with Gasteiger partial charge in [0.15, 0.2) is 5.69 Å². The maximum atomic E-state index is 13.3. The minimum atomic E-state index is -0.650. The molecule has 0 aliphatic heterocycles. The van der Waals surface area contributed by atoms with Crippen molar-refractivity contribution in [3.05, 3.63) is 65.6 Å². The lowest BCUT2D eigenvalue weighted by atomic mass is 10.1. The van der Waals surface area contributed by atoms with Crippen LogP contribution < -0.4 is 15.9 Å². The van der Waals surface area contributed by atoms with Gasteiger partial charge in [-0.25, -0.2) is 14.4 Å². The Bertz CT molecular complexity index is 1270. The van der Waals surface area contributed by atoms with E-state index in [9.17, 15) is 9.18 Å². The smallest absolute Gasteiger partial charge is 0.294 e. The monoisotopic (exact) mass is 436 g/mol. The predicted molar refractivity (Wildman–Crippen MR) is 112 cm³/mol. The number of rotatable bonds is 7. The van der Waals surface area contributed by atoms with Gasteiger partial charge in [0.1, 0.15) is 17.3 Å². The summed E-state index contributed by atoms with van der Waals surface area (Å²) in [6.45, 7) is 2.39. The third kappa shape index (κ3) is 4.28. The van der Waals surface area contributed by atoms with E-state index in [-0.39, 0.29) is 23.0 Å². The van der Waals surface area contributed by atoms with Gasteiger partial charge in [-0.15, -0.1) is 5.10 Å². The Morgan fingerprint density at radius 3 is 2.78 bits per heavy atom. The standard InChI is InChI=1S/C20H17FN8O3/c1-2-31-15-8-6-13(7-9-15)17-16(24-28-29(17)19-18(22)26-32-27-19)20(30)25-23-11-12-4-3-5-14(21)10-12/h3-11H,2H2,1H3,(H2,22,26)(H,25,30). The van der Waals surface area contributed by atoms with Crippen LogP contribution in [0.5, 0.6) is 5.75 Å². The highest BCUT2D eigenvalue weighted by Gasteiger charge is 2.25. The molecular formula is C20H17FN8O3. The SMILES string of the molecule is CCOc1ccc(-c2c(C(=O)NN=Cc3cccc(F)c3)nnn2-c2nonc2N)cc1. The molecule has 4 rings (SSSR count). The molecule has 1 amide bonds. The molecule has 0 aliphatic rings. The molecule has 0 spiro atoms. The van der Waals surface area contributed by atoms with Crippen LogP contribution in [0.2, 0.25) is 0 Å². The van der Waals surface area contributed by atoms with Gasteiger partial charge in [0, 0.05) is 5.56 Å². The van der Waals surface area contributed by atoms with Crippen molar-refractivity contribution in [1.29, 1.82) is 0 Å². The average Bonchev–Trinajstić information content (AvgIpc) is 3.40. The van der Waals surface area contributed by atoms with E-state index in [2.05, 4.69) is 35.8 Å². The number of hydrogen-bond acceptors (Lipinski definition) is 9. The Balaban J connectivity index is 1.68. The summed E-state index contributed by atoms with van der Waals surface area (Å²) in [5, 5.41) is 19.1. The molecule has 0 atom stereocenters. The van der Waals surface area contributed by atoms with Crippen LogP contribution in [0.1, 0.15) is 23.0 Å². The van der Waals surface area contributed by atoms with E-state index in [0.29, 0.717) is 23.5 Å². The van der Waals surface area contributed by atoms with Gasteiger partial charge in [0.25, 0.3) is 5.91 Å². The molecule has 162 valence electrons. The van der Waals surface area contributed by atoms with Crippen molar-refractivity contribution in [3.8, 4) is 22.8 Å². The highest BCUT2D eigenvalue weighted by Crippen LogP contribution is 2.28. The van der Waals surface area contributed by atoms with Crippen molar-refractivity contribution in [1.82, 2.24) is 30.7 Å². The topological polar surface area (TPSA) is 146 Å². The van der Waals surface area contributed by atoms with E-state index in [0.717, 1.165) is 0 Å². The van der Waals surface area contributed by atoms with Crippen molar-refractivity contribution in [3.63, 3.8) is 0 Å². The van der Waals surface area contributed by atoms with E-state index in [1.54, 1.807) is 30.3 Å². The van der Waals surface area contributed by atoms with E-state index in [1.165, 1.54) is 29.1 Å². The Labute approximate surface area is 180 Å². The largest absolute Gasteiger partial charge is 0.494 e. The fourth-order valence-corrected chi connectivity index (χ4v) is 2.86. The number of hydrogen-bond donors (Lipinski definition) is 2. The average molecular weight is 436 g/mol. The Morgan fingerprint density at radius 2 is 2.09 bits per heavy atom. The molecule has 3 N–H and O–H groups in total. The molecule has 11 nitrogen and oxygen atoms in total. The van der Waals surface area contributed by atoms with Gasteiger partial charge >= 0.3 is 0 Å². The first-order valence-electron chi connectivity index (χ1n) is 9.43. The summed E-state index contributed by atoms with van der Waals surface area (Å²) >= 11 is 0. The van der Waals surface area contributed by atoms with Crippen molar-refractivity contribution >= 4 is 17.9 Å². The molecule has 0 bridgehead atoms. The van der Waals surface area contributed by atoms with Crippen molar-refractivity contribution in [2.45, 2.75) is 6.92 Å². The molecule has 2 aromatic heterocycles. The van der Waals surface area contributed by atoms with E-state index >= 15 is 0 Å². The Hall–Kier alpha value is -4.61. The zero-order valence-corrected chi connectivity index (χ0v) is 16.8. The van der Waals surface area contributed by atoms with E-state index in [4.69, 9.17) is 10.5 Å². The first kappa shape index (κ1) is 20.7. The fraction of sp³-hybridized carbons (Fsp3) is 0.100. The number of benzene rings is 2. The van der Waals surface area contributed by atoms with E-state index in [1.807, 2.05) is 6.92 Å². The predicted octanol–water partition coefficient (Wildman–Crippen LogP) is 2.20. The summed E-state index contributed by atoms with van der Waals surface area (Å²) in [6, 6.07) is 12.7. The highest BCUT2D eigenvalue weighted by molar-refractivity contribution is 5.98. The zero-order chi connectivity index (χ0) is 22.5. The minimum Gasteiger partial charge on any atom is -0.494 e. The number of nitrogens with zero attached hydrogens (tertiary/aromatic N) is 6. The van der Waals surface area contributed by atoms with Gasteiger partial charge in [-0.1, -0.05) is 17.3 Å². The molecular weight excluding hydrogens is 419 g/mol. The van der Waals surface area contributed by atoms with Crippen LogP contribution in [-0.4, -0.2) is 44.0 Å². The molecule has 32 heavy (non-hydrogen) atoms. The summed E-state index contributed by atoms with van der Waals surface area (Å²) in [6.07, 6.45) is 1.31. The third-order valence-corrected chi connectivity index (χ3v) is 4.25. The van der Waals surface area contributed by atoms with Crippen LogP contribution >= 0.6 is 0 Å². The van der Waals surface area contributed by atoms with Gasteiger partial charge in [-0.2, -0.15) is 9.78 Å². The number of carbonyl (C=O) groups is 1. The molecule has 0 saturated heterocycles. The molecule has 2 heterocycles. The number of nitrogens with one attached hydrogen (secondary N) is 1. The van der Waals surface area contributed by atoms with Crippen LogP contribution in [0.25, 0.3) is 17.1 Å². The number of hydrazone groups is 1. The van der Waals surface area contributed by atoms with Gasteiger partial charge in [-0.05, 0) is 59.2 Å². The number of anilines is 1. The lowest BCUT2D eigenvalue weighted by Gasteiger charge is -2.07. The number of nitrogen functional groups attached to an aromatic ring is 1. The van der Waals surface area contributed by atoms with Crippen molar-refractivity contribution < 1.29 is 18.6 Å². The maximum Gasteiger partial charge on any atom is 0.294 e. The molecule has 0 fully saturated rings. The number of halogens is 1. The third-order valence-electron chi connectivity index (χ3n) is 4.25. The van der Waals surface area contributed by atoms with Gasteiger partial charge in [0.2, 0.25) is 11.6 Å². The van der Waals surface area contributed by atoms with Crippen LogP contribution in [0.15, 0.2) is 58.3 Å². The maximum absolute atomic E-state index is 13.3. The quantitative estimate of drug-likeness (QED) is 0.331. The van der Waals surface area contributed by atoms with Crippen LogP contribution in [0.4, 0.5) is 10.2 Å². The molecule has 0 aliphatic carbocycles. The normalized spacial score (nSPS) is 11.1. The van der Waals surface area contributed by atoms with Crippen LogP contribution in [0.3, 0.4) is 0 Å². The first-order valence-corrected chi connectivity index (χ1v) is 9.43. The second kappa shape index (κ2) is 9.04. The number of amides is 1. The fourth-order valence-electron chi connectivity index (χ4n) is 2.86. The summed E-state index contributed by atoms with van der Waals surface area (Å²) in [5.74, 6) is -0.368. The number of aromatic nitrogens is 5. The zero-order valence-electron chi connectivity index (χ0n) is 16.8. The second-order valence-corrected chi connectivity index (χ2v) is 6.38. The number of ether oxygens (including phenoxy) is 1. The van der Waals surface area contributed by atoms with E-state index < -0.39 is 11.7 Å². The lowest BCUT2D eigenvalue weighted by Crippen LogP contribution is -2.19. The molecule has 0 unspecified atom stereocenters. The molecule has 12 heteroatoms. The summed E-state index contributed by atoms with van der Waals surface area (Å²) < 4.78 is 24.6. The van der Waals surface area contributed by atoms with Crippen LogP contribution in [-0.2, 0) is 0 Å². The second-order valence-electron chi connectivity index (χ2n) is 6.38. The summed E-state index contributed by atoms with van der Waals surface area (Å²) in [4.78, 5) is 12.8. The summed E-state index contributed by atoms with van der Waals surface area (Å²) in [5.41, 5.74) is 9.45. The van der Waals surface area contributed by atoms with Gasteiger partial charge in [0.05, 0.1) is 12.8 Å². The lowest BCUT2D eigenvalue weighted by molar-refractivity contribution is 0.0950. The molecule has 4 aromatic rings. The summed E-state index contributed by atoms with van der Waals surface area (Å²) in [7, 11) is 0. The minimum absolute atomic E-state index is 0.0295. The Kier molecular flexibility index (Phi) is 5.83. The number of carbonyl (C=O) groups excluding carboxylic acids is 1. The van der Waals surface area contributed by atoms with Gasteiger partial charge in [-0.3, -0.25) is 4.79 Å². The molecule has 0 radical (unpaired) electrons. The molecule has 0 saturated carbocycles. The Morgan fingerprint density at radius 1 is 1.28 bits per heavy atom. The number of nitrogens with two attached hydrogens (primary N) is 1. The van der Waals surface area contributed by atoms with Crippen molar-refractivity contribution in [2.75, 3.05) is 12.3 Å². The first-order chi connectivity index (χ1) is 15.6. The highest BCUT2D eigenvalue weighted by atomic mass is 19.1. The van der Waals surface area contributed by atoms with Crippen LogP contribution in [0, 0.1) is 5.82 Å². The van der Waals surface area contributed by atoms with Gasteiger partial charge < -0.3 is 10.5 Å².